The van der Waals surface area contributed by atoms with Gasteiger partial charge in [0.05, 0.1) is 39.9 Å². The quantitative estimate of drug-likeness (QED) is 0.0272. The first-order chi connectivity index (χ1) is 36.0. The summed E-state index contributed by atoms with van der Waals surface area (Å²) >= 11 is 0. The molecule has 0 aliphatic carbocycles. The van der Waals surface area contributed by atoms with E-state index in [-0.39, 0.29) is 19.1 Å². The number of aliphatic hydroxyl groups excluding tert-OH is 1. The number of carbonyl (C=O) groups excluding carboxylic acids is 1. The average molecular weight is 1070 g/mol. The van der Waals surface area contributed by atoms with Gasteiger partial charge in [0.2, 0.25) is 5.91 Å². The predicted molar refractivity (Wildman–Crippen MR) is 321 cm³/mol. The third-order valence-electron chi connectivity index (χ3n) is 15.2. The van der Waals surface area contributed by atoms with E-state index >= 15 is 0 Å². The van der Waals surface area contributed by atoms with Crippen molar-refractivity contribution in [1.29, 1.82) is 0 Å². The lowest BCUT2D eigenvalue weighted by Crippen LogP contribution is -2.46. The fraction of sp³-hybridized carbons (Fsp3) is 0.923. The molecule has 3 unspecified atom stereocenters. The molecule has 8 nitrogen and oxygen atoms in total. The molecule has 0 fully saturated rings. The van der Waals surface area contributed by atoms with Crippen LogP contribution in [0.3, 0.4) is 0 Å². The first-order valence-corrected chi connectivity index (χ1v) is 34.1. The highest BCUT2D eigenvalue weighted by atomic mass is 31.2. The maximum atomic E-state index is 13.0. The maximum absolute atomic E-state index is 13.0. The number of phosphoric ester groups is 1. The summed E-state index contributed by atoms with van der Waals surface area (Å²) in [6.45, 7) is 4.77. The predicted octanol–water partition coefficient (Wildman–Crippen LogP) is 19.7. The van der Waals surface area contributed by atoms with Crippen LogP contribution in [0.5, 0.6) is 0 Å². The average Bonchev–Trinajstić information content (AvgIpc) is 3.36. The van der Waals surface area contributed by atoms with Crippen LogP contribution in [0.2, 0.25) is 0 Å². The van der Waals surface area contributed by atoms with Crippen LogP contribution in [-0.4, -0.2) is 68.5 Å². The van der Waals surface area contributed by atoms with Crippen molar-refractivity contribution < 1.29 is 32.9 Å². The van der Waals surface area contributed by atoms with E-state index in [1.165, 1.54) is 263 Å². The van der Waals surface area contributed by atoms with Crippen LogP contribution in [0.25, 0.3) is 0 Å². The molecule has 0 spiro atoms. The molecule has 0 radical (unpaired) electrons. The molecule has 74 heavy (non-hydrogen) atoms. The van der Waals surface area contributed by atoms with Crippen LogP contribution in [0.15, 0.2) is 24.3 Å². The summed E-state index contributed by atoms with van der Waals surface area (Å²) in [5.41, 5.74) is 0. The van der Waals surface area contributed by atoms with Crippen LogP contribution in [-0.2, 0) is 18.4 Å². The Morgan fingerprint density at radius 2 is 0.784 bits per heavy atom. The highest BCUT2D eigenvalue weighted by Crippen LogP contribution is 2.38. The number of carbonyl (C=O) groups is 1. The molecule has 440 valence electrons. The lowest BCUT2D eigenvalue weighted by molar-refractivity contribution is -0.870. The third-order valence-corrected chi connectivity index (χ3v) is 16.2. The number of nitrogens with one attached hydrogen (secondary N) is 1. The minimum Gasteiger partial charge on any atom is -0.756 e. The summed E-state index contributed by atoms with van der Waals surface area (Å²) in [5.74, 6) is -0.159. The molecular formula is C65H129N2O6P. The van der Waals surface area contributed by atoms with E-state index < -0.39 is 20.0 Å². The second-order valence-corrected chi connectivity index (χ2v) is 25.2. The standard InChI is InChI=1S/C65H129N2O6P/c1-6-8-10-12-14-16-18-20-22-23-24-25-26-27-28-29-30-31-32-33-34-35-36-37-38-39-40-41-42-43-45-47-49-51-53-55-57-59-65(69)66-63(62-73-74(70,71)72-61-60-67(3,4)5)64(68)58-56-54-52-50-48-46-44-21-19-17-15-13-11-9-7-2/h28-29,31-32,63-64,68H,6-27,30,33-62H2,1-5H3,(H-,66,69,70,71)/b29-28-,32-31-. The number of unbranched alkanes of at least 4 members (excludes halogenated alkanes) is 44. The number of aliphatic hydroxyl groups is 1. The zero-order valence-corrected chi connectivity index (χ0v) is 51.2. The number of nitrogens with zero attached hydrogens (tertiary/aromatic N) is 1. The van der Waals surface area contributed by atoms with Gasteiger partial charge in [0.25, 0.3) is 7.82 Å². The summed E-state index contributed by atoms with van der Waals surface area (Å²) in [5, 5.41) is 14.0. The Bertz CT molecular complexity index is 1260. The van der Waals surface area contributed by atoms with Crippen molar-refractivity contribution in [2.24, 2.45) is 0 Å². The van der Waals surface area contributed by atoms with Gasteiger partial charge in [0.1, 0.15) is 13.2 Å². The number of hydrogen-bond acceptors (Lipinski definition) is 6. The summed E-state index contributed by atoms with van der Waals surface area (Å²) < 4.78 is 23.4. The topological polar surface area (TPSA) is 108 Å². The van der Waals surface area contributed by atoms with E-state index in [4.69, 9.17) is 9.05 Å². The van der Waals surface area contributed by atoms with Crippen molar-refractivity contribution in [3.05, 3.63) is 24.3 Å². The molecule has 0 aromatic heterocycles. The van der Waals surface area contributed by atoms with Crippen molar-refractivity contribution in [2.45, 2.75) is 347 Å². The SMILES string of the molecule is CCCCCCCCCCCCCCC/C=C\C/C=C\CCCCCCCCCCCCCCCCCCCC(=O)NC(COP(=O)([O-])OCC[N+](C)(C)C)C(O)CCCCCCCCCCCCCCCCC. The molecule has 0 aromatic carbocycles. The molecular weight excluding hydrogens is 936 g/mol. The minimum absolute atomic E-state index is 0.0144. The number of allylic oxidation sites excluding steroid dienone is 4. The van der Waals surface area contributed by atoms with E-state index in [1.807, 2.05) is 21.1 Å². The molecule has 0 saturated carbocycles. The molecule has 3 atom stereocenters. The summed E-state index contributed by atoms with van der Waals surface area (Å²) in [6, 6.07) is -0.798. The van der Waals surface area contributed by atoms with Crippen molar-refractivity contribution in [3.63, 3.8) is 0 Å². The number of amides is 1. The number of rotatable bonds is 61. The van der Waals surface area contributed by atoms with E-state index in [0.717, 1.165) is 44.9 Å². The molecule has 9 heteroatoms. The number of quaternary nitrogens is 1. The Hall–Kier alpha value is -1.02. The van der Waals surface area contributed by atoms with Gasteiger partial charge >= 0.3 is 0 Å². The number of likely N-dealkylation sites (N-methyl/N-ethyl adjacent to an activating group) is 1. The van der Waals surface area contributed by atoms with Crippen molar-refractivity contribution in [1.82, 2.24) is 5.32 Å². The molecule has 0 aliphatic rings. The van der Waals surface area contributed by atoms with Crippen molar-refractivity contribution in [3.8, 4) is 0 Å². The third kappa shape index (κ3) is 58.7. The minimum atomic E-state index is -4.57. The van der Waals surface area contributed by atoms with Gasteiger partial charge in [-0.15, -0.1) is 0 Å². The van der Waals surface area contributed by atoms with E-state index in [1.54, 1.807) is 0 Å². The lowest BCUT2D eigenvalue weighted by Gasteiger charge is -2.30. The monoisotopic (exact) mass is 1060 g/mol. The largest absolute Gasteiger partial charge is 0.756 e. The van der Waals surface area contributed by atoms with E-state index in [2.05, 4.69) is 43.5 Å². The molecule has 0 aromatic rings. The fourth-order valence-electron chi connectivity index (χ4n) is 10.1. The zero-order chi connectivity index (χ0) is 54.2. The lowest BCUT2D eigenvalue weighted by atomic mass is 10.0. The fourth-order valence-corrected chi connectivity index (χ4v) is 10.8. The van der Waals surface area contributed by atoms with Gasteiger partial charge in [-0.05, 0) is 44.9 Å². The normalized spacial score (nSPS) is 13.9. The molecule has 0 aliphatic heterocycles. The van der Waals surface area contributed by atoms with Crippen LogP contribution in [0.4, 0.5) is 0 Å². The summed E-state index contributed by atoms with van der Waals surface area (Å²) in [6.07, 6.45) is 72.5. The van der Waals surface area contributed by atoms with Crippen molar-refractivity contribution in [2.75, 3.05) is 40.9 Å². The van der Waals surface area contributed by atoms with Crippen LogP contribution < -0.4 is 10.2 Å². The smallest absolute Gasteiger partial charge is 0.268 e. The van der Waals surface area contributed by atoms with Crippen LogP contribution in [0, 0.1) is 0 Å². The Labute approximate surface area is 462 Å². The van der Waals surface area contributed by atoms with Crippen LogP contribution in [0.1, 0.15) is 335 Å². The van der Waals surface area contributed by atoms with Gasteiger partial charge in [-0.1, -0.05) is 308 Å². The first kappa shape index (κ1) is 73.0. The molecule has 2 N–H and O–H groups in total. The van der Waals surface area contributed by atoms with Gasteiger partial charge in [0, 0.05) is 6.42 Å². The van der Waals surface area contributed by atoms with Crippen molar-refractivity contribution >= 4 is 13.7 Å². The van der Waals surface area contributed by atoms with E-state index in [0.29, 0.717) is 23.9 Å². The van der Waals surface area contributed by atoms with Crippen LogP contribution >= 0.6 is 7.82 Å². The second-order valence-electron chi connectivity index (χ2n) is 23.8. The Morgan fingerprint density at radius 1 is 0.473 bits per heavy atom. The van der Waals surface area contributed by atoms with Gasteiger partial charge in [-0.3, -0.25) is 9.36 Å². The Kier molecular flexibility index (Phi) is 55.9. The molecule has 1 amide bonds. The maximum Gasteiger partial charge on any atom is 0.268 e. The zero-order valence-electron chi connectivity index (χ0n) is 50.3. The Balaban J connectivity index is 3.92. The highest BCUT2D eigenvalue weighted by Gasteiger charge is 2.24. The van der Waals surface area contributed by atoms with Gasteiger partial charge < -0.3 is 28.8 Å². The molecule has 0 bridgehead atoms. The van der Waals surface area contributed by atoms with Gasteiger partial charge in [-0.25, -0.2) is 0 Å². The summed E-state index contributed by atoms with van der Waals surface area (Å²) in [4.78, 5) is 25.6. The molecule has 0 rings (SSSR count). The van der Waals surface area contributed by atoms with E-state index in [9.17, 15) is 19.4 Å². The second kappa shape index (κ2) is 56.7. The number of phosphoric acid groups is 1. The van der Waals surface area contributed by atoms with Gasteiger partial charge in [-0.2, -0.15) is 0 Å². The number of hydrogen-bond donors (Lipinski definition) is 2. The molecule has 0 heterocycles. The first-order valence-electron chi connectivity index (χ1n) is 32.7. The molecule has 0 saturated heterocycles. The van der Waals surface area contributed by atoms with Gasteiger partial charge in [0.15, 0.2) is 0 Å². The summed E-state index contributed by atoms with van der Waals surface area (Å²) in [7, 11) is 1.32. The highest BCUT2D eigenvalue weighted by molar-refractivity contribution is 7.45. The Morgan fingerprint density at radius 3 is 1.12 bits per heavy atom.